The number of non-ortho nitro benzene ring substituents is 1. The monoisotopic (exact) mass is 364 g/mol. The zero-order valence-electron chi connectivity index (χ0n) is 13.0. The number of nitro benzene ring substituents is 1. The predicted molar refractivity (Wildman–Crippen MR) is 86.0 cm³/mol. The summed E-state index contributed by atoms with van der Waals surface area (Å²) in [6.07, 6.45) is 3.28. The van der Waals surface area contributed by atoms with Gasteiger partial charge in [-0.1, -0.05) is 23.8 Å². The molecule has 0 unspecified atom stereocenters. The summed E-state index contributed by atoms with van der Waals surface area (Å²) >= 11 is 6.09. The average molecular weight is 365 g/mol. The fourth-order valence-corrected chi connectivity index (χ4v) is 4.27. The summed E-state index contributed by atoms with van der Waals surface area (Å²) in [4.78, 5) is 37.2. The molecule has 2 fully saturated rings. The number of amides is 2. The lowest BCUT2D eigenvalue weighted by Gasteiger charge is -2.27. The van der Waals surface area contributed by atoms with Gasteiger partial charge in [-0.15, -0.1) is 0 Å². The molecule has 3 aliphatic rings. The zero-order valence-corrected chi connectivity index (χ0v) is 13.8. The molecule has 1 aromatic carbocycles. The number of ether oxygens (including phenoxy) is 1. The van der Waals surface area contributed by atoms with E-state index < -0.39 is 46.4 Å². The van der Waals surface area contributed by atoms with Crippen LogP contribution in [0.4, 0.5) is 11.4 Å². The Bertz CT molecular complexity index is 870. The molecular formula is C16H13ClN2O6. The van der Waals surface area contributed by atoms with Crippen LogP contribution < -0.4 is 4.90 Å². The minimum atomic E-state index is -1.26. The molecule has 130 valence electrons. The zero-order chi connectivity index (χ0) is 18.1. The predicted octanol–water partition coefficient (Wildman–Crippen LogP) is 1.44. The molecular weight excluding hydrogens is 352 g/mol. The Morgan fingerprint density at radius 1 is 1.32 bits per heavy atom. The maximum Gasteiger partial charge on any atom is 0.271 e. The third-order valence-electron chi connectivity index (χ3n) is 5.19. The van der Waals surface area contributed by atoms with Crippen LogP contribution in [0.5, 0.6) is 0 Å². The van der Waals surface area contributed by atoms with E-state index in [1.807, 2.05) is 0 Å². The molecule has 4 atom stereocenters. The number of hydrogen-bond acceptors (Lipinski definition) is 6. The number of anilines is 1. The summed E-state index contributed by atoms with van der Waals surface area (Å²) in [5.41, 5.74) is -2.58. The van der Waals surface area contributed by atoms with Crippen LogP contribution in [0.2, 0.25) is 5.02 Å². The van der Waals surface area contributed by atoms with E-state index >= 15 is 0 Å². The minimum absolute atomic E-state index is 0.0312. The summed E-state index contributed by atoms with van der Waals surface area (Å²) < 4.78 is 5.81. The van der Waals surface area contributed by atoms with Crippen molar-refractivity contribution in [1.82, 2.24) is 0 Å². The quantitative estimate of drug-likeness (QED) is 0.376. The molecule has 2 saturated heterocycles. The summed E-state index contributed by atoms with van der Waals surface area (Å²) in [6, 6.07) is 3.57. The Kier molecular flexibility index (Phi) is 3.16. The van der Waals surface area contributed by atoms with Crippen molar-refractivity contribution in [2.45, 2.75) is 18.1 Å². The Morgan fingerprint density at radius 2 is 2.00 bits per heavy atom. The molecule has 0 spiro atoms. The van der Waals surface area contributed by atoms with Crippen molar-refractivity contribution in [2.24, 2.45) is 11.8 Å². The molecule has 2 bridgehead atoms. The van der Waals surface area contributed by atoms with Gasteiger partial charge in [0.15, 0.2) is 0 Å². The SMILES string of the molecule is C[C@@]12C=C[C@@](CO)(O1)[C@H]1C(=O)N(c3cc([N+](=O)[O-])ccc3Cl)C(=O)[C@@H]12. The number of carbonyl (C=O) groups excluding carboxylic acids is 2. The molecule has 1 N–H and O–H groups in total. The van der Waals surface area contributed by atoms with Crippen molar-refractivity contribution in [2.75, 3.05) is 11.5 Å². The van der Waals surface area contributed by atoms with Gasteiger partial charge in [0.1, 0.15) is 5.60 Å². The van der Waals surface area contributed by atoms with Crippen molar-refractivity contribution >= 4 is 34.8 Å². The van der Waals surface area contributed by atoms with Gasteiger partial charge in [0, 0.05) is 12.1 Å². The van der Waals surface area contributed by atoms with E-state index in [9.17, 15) is 24.8 Å². The molecule has 0 radical (unpaired) electrons. The lowest BCUT2D eigenvalue weighted by molar-refractivity contribution is -0.384. The molecule has 3 heterocycles. The number of aliphatic hydroxyl groups excluding tert-OH is 1. The third-order valence-corrected chi connectivity index (χ3v) is 5.50. The van der Waals surface area contributed by atoms with Crippen LogP contribution in [-0.4, -0.2) is 39.7 Å². The fourth-order valence-electron chi connectivity index (χ4n) is 4.06. The van der Waals surface area contributed by atoms with Gasteiger partial charge in [0.05, 0.1) is 39.7 Å². The highest BCUT2D eigenvalue weighted by Crippen LogP contribution is 2.57. The Labute approximate surface area is 146 Å². The van der Waals surface area contributed by atoms with E-state index in [1.54, 1.807) is 19.1 Å². The van der Waals surface area contributed by atoms with Gasteiger partial charge >= 0.3 is 0 Å². The highest BCUT2D eigenvalue weighted by Gasteiger charge is 2.72. The van der Waals surface area contributed by atoms with Crippen LogP contribution in [0, 0.1) is 22.0 Å². The molecule has 25 heavy (non-hydrogen) atoms. The topological polar surface area (TPSA) is 110 Å². The summed E-state index contributed by atoms with van der Waals surface area (Å²) in [6.45, 7) is 1.23. The molecule has 0 aliphatic carbocycles. The normalized spacial score (nSPS) is 35.6. The van der Waals surface area contributed by atoms with E-state index in [0.717, 1.165) is 11.0 Å². The summed E-state index contributed by atoms with van der Waals surface area (Å²) in [5.74, 6) is -2.83. The van der Waals surface area contributed by atoms with Crippen LogP contribution in [0.25, 0.3) is 0 Å². The fraction of sp³-hybridized carbons (Fsp3) is 0.375. The van der Waals surface area contributed by atoms with Crippen molar-refractivity contribution in [3.63, 3.8) is 0 Å². The standard InChI is InChI=1S/C16H13ClN2O6/c1-15-4-5-16(7-20,25-15)12-11(15)13(21)18(14(12)22)10-6-8(19(23)24)2-3-9(10)17/h2-6,11-12,20H,7H2,1H3/t11-,12-,15+,16+/m1/s1. The van der Waals surface area contributed by atoms with E-state index in [1.165, 1.54) is 12.1 Å². The number of nitrogens with zero attached hydrogens (tertiary/aromatic N) is 2. The average Bonchev–Trinajstić information content (AvgIpc) is 3.14. The molecule has 9 heteroatoms. The molecule has 3 aliphatic heterocycles. The van der Waals surface area contributed by atoms with Crippen molar-refractivity contribution in [3.8, 4) is 0 Å². The van der Waals surface area contributed by atoms with Crippen LogP contribution in [0.15, 0.2) is 30.4 Å². The first-order chi connectivity index (χ1) is 11.7. The Morgan fingerprint density at radius 3 is 2.64 bits per heavy atom. The van der Waals surface area contributed by atoms with Gasteiger partial charge in [-0.25, -0.2) is 4.90 Å². The maximum absolute atomic E-state index is 13.0. The van der Waals surface area contributed by atoms with Crippen LogP contribution in [-0.2, 0) is 14.3 Å². The number of rotatable bonds is 3. The van der Waals surface area contributed by atoms with Crippen molar-refractivity contribution in [1.29, 1.82) is 0 Å². The molecule has 2 amide bonds. The summed E-state index contributed by atoms with van der Waals surface area (Å²) in [7, 11) is 0. The molecule has 0 aromatic heterocycles. The van der Waals surface area contributed by atoms with Crippen LogP contribution >= 0.6 is 11.6 Å². The number of aliphatic hydroxyl groups is 1. The molecule has 0 saturated carbocycles. The Balaban J connectivity index is 1.83. The highest BCUT2D eigenvalue weighted by molar-refractivity contribution is 6.36. The van der Waals surface area contributed by atoms with Gasteiger partial charge in [-0.3, -0.25) is 19.7 Å². The first-order valence-electron chi connectivity index (χ1n) is 7.57. The van der Waals surface area contributed by atoms with E-state index in [4.69, 9.17) is 16.3 Å². The number of carbonyl (C=O) groups is 2. The Hall–Kier alpha value is -2.29. The smallest absolute Gasteiger partial charge is 0.271 e. The number of benzene rings is 1. The largest absolute Gasteiger partial charge is 0.393 e. The van der Waals surface area contributed by atoms with Gasteiger partial charge < -0.3 is 9.84 Å². The maximum atomic E-state index is 13.0. The van der Waals surface area contributed by atoms with E-state index in [-0.39, 0.29) is 16.4 Å². The van der Waals surface area contributed by atoms with Gasteiger partial charge in [-0.2, -0.15) is 0 Å². The van der Waals surface area contributed by atoms with Crippen LogP contribution in [0.3, 0.4) is 0 Å². The first-order valence-corrected chi connectivity index (χ1v) is 7.95. The number of imide groups is 1. The second-order valence-corrected chi connectivity index (χ2v) is 7.00. The molecule has 8 nitrogen and oxygen atoms in total. The van der Waals surface area contributed by atoms with E-state index in [2.05, 4.69) is 0 Å². The van der Waals surface area contributed by atoms with Crippen LogP contribution in [0.1, 0.15) is 6.92 Å². The first kappa shape index (κ1) is 16.2. The second-order valence-electron chi connectivity index (χ2n) is 6.59. The van der Waals surface area contributed by atoms with E-state index in [0.29, 0.717) is 0 Å². The number of halogens is 1. The minimum Gasteiger partial charge on any atom is -0.393 e. The lowest BCUT2D eigenvalue weighted by Crippen LogP contribution is -2.43. The number of fused-ring (bicyclic) bond motifs is 5. The molecule has 4 rings (SSSR count). The highest BCUT2D eigenvalue weighted by atomic mass is 35.5. The summed E-state index contributed by atoms with van der Waals surface area (Å²) in [5, 5.41) is 20.8. The second kappa shape index (κ2) is 4.87. The van der Waals surface area contributed by atoms with Crippen molar-refractivity contribution < 1.29 is 24.4 Å². The molecule has 1 aromatic rings. The van der Waals surface area contributed by atoms with Gasteiger partial charge in [-0.05, 0) is 13.0 Å². The number of hydrogen-bond donors (Lipinski definition) is 1. The third kappa shape index (κ3) is 1.90. The van der Waals surface area contributed by atoms with Gasteiger partial charge in [0.2, 0.25) is 11.8 Å². The van der Waals surface area contributed by atoms with Crippen molar-refractivity contribution in [3.05, 3.63) is 45.5 Å². The van der Waals surface area contributed by atoms with Gasteiger partial charge in [0.25, 0.3) is 5.69 Å². The number of nitro groups is 1. The lowest BCUT2D eigenvalue weighted by atomic mass is 9.73.